The Balaban J connectivity index is 2.17. The molecule has 0 unspecified atom stereocenters. The first kappa shape index (κ1) is 17.9. The summed E-state index contributed by atoms with van der Waals surface area (Å²) in [5.41, 5.74) is -0.0724. The maximum atomic E-state index is 11.9. The minimum Gasteiger partial charge on any atom is -0.506 e. The number of rotatable bonds is 6. The van der Waals surface area contributed by atoms with Crippen molar-refractivity contribution >= 4 is 21.9 Å². The van der Waals surface area contributed by atoms with E-state index >= 15 is 0 Å². The van der Waals surface area contributed by atoms with Gasteiger partial charge in [0.1, 0.15) is 11.4 Å². The molecule has 132 valence electrons. The van der Waals surface area contributed by atoms with Gasteiger partial charge in [-0.1, -0.05) is 6.07 Å². The normalized spacial score (nSPS) is 16.6. The lowest BCUT2D eigenvalue weighted by molar-refractivity contribution is -0.147. The van der Waals surface area contributed by atoms with E-state index in [0.29, 0.717) is 19.3 Å². The molecule has 1 aliphatic rings. The van der Waals surface area contributed by atoms with Crippen LogP contribution in [0.3, 0.4) is 0 Å². The van der Waals surface area contributed by atoms with Crippen LogP contribution in [0.15, 0.2) is 30.3 Å². The van der Waals surface area contributed by atoms with Crippen LogP contribution in [0.5, 0.6) is 5.75 Å². The van der Waals surface area contributed by atoms with E-state index in [2.05, 4.69) is 0 Å². The minimum absolute atomic E-state index is 0.0153. The number of anilines is 1. The number of aliphatic hydroxyl groups is 1. The zero-order chi connectivity index (χ0) is 18.1. The van der Waals surface area contributed by atoms with Crippen molar-refractivity contribution in [3.63, 3.8) is 0 Å². The van der Waals surface area contributed by atoms with Crippen LogP contribution in [-0.4, -0.2) is 29.7 Å². The molecule has 1 aromatic rings. The first-order valence-electron chi connectivity index (χ1n) is 7.31. The predicted octanol–water partition coefficient (Wildman–Crippen LogP) is 1.84. The molecule has 4 N–H and O–H groups in total. The molecule has 0 saturated carbocycles. The number of aromatic hydroxyl groups is 1. The molecule has 8 nitrogen and oxygen atoms in total. The molecule has 0 atom stereocenters. The number of aryl methyl sites for hydroxylation is 1. The first-order valence-corrected chi connectivity index (χ1v) is 8.75. The molecule has 9 heteroatoms. The third-order valence-corrected chi connectivity index (χ3v) is 5.14. The minimum atomic E-state index is -3.98. The van der Waals surface area contributed by atoms with Crippen LogP contribution in [0.1, 0.15) is 32.3 Å². The molecule has 0 spiro atoms. The van der Waals surface area contributed by atoms with Gasteiger partial charge in [-0.2, -0.15) is 8.42 Å². The molecule has 1 aliphatic heterocycles. The highest BCUT2D eigenvalue weighted by Gasteiger charge is 2.31. The number of phenols is 1. The van der Waals surface area contributed by atoms with E-state index in [1.165, 1.54) is 12.1 Å². The zero-order valence-corrected chi connectivity index (χ0v) is 14.2. The summed E-state index contributed by atoms with van der Waals surface area (Å²) in [6.07, 6.45) is 2.54. The van der Waals surface area contributed by atoms with Gasteiger partial charge in [-0.25, -0.2) is 9.03 Å². The number of nitrogens with zero attached hydrogens (tertiary/aromatic N) is 1. The van der Waals surface area contributed by atoms with Gasteiger partial charge in [-0.15, -0.1) is 0 Å². The van der Waals surface area contributed by atoms with E-state index in [1.807, 2.05) is 4.72 Å². The smallest absolute Gasteiger partial charge is 0.330 e. The zero-order valence-electron chi connectivity index (χ0n) is 13.4. The number of hydrogen-bond donors (Lipinski definition) is 4. The fourth-order valence-electron chi connectivity index (χ4n) is 2.33. The molecule has 0 bridgehead atoms. The Bertz CT molecular complexity index is 785. The molecule has 24 heavy (non-hydrogen) atoms. The summed E-state index contributed by atoms with van der Waals surface area (Å²) in [5.74, 6) is -1.66. The number of aliphatic carboxylic acids is 1. The van der Waals surface area contributed by atoms with Crippen molar-refractivity contribution in [1.29, 1.82) is 0 Å². The van der Waals surface area contributed by atoms with Gasteiger partial charge in [0.05, 0.1) is 11.6 Å². The molecular formula is C15H20N2O6S. The standard InChI is InChI=1S/C15H20N2O6S/c1-15(2,14(20)21)7-3-4-10-5-6-12(18)11(8-10)17-9-13(19)16-24(17,22)23/h5-6,8-9,16,18-19H,3-4,7H2,1-2H3,(H,20,21). The molecular weight excluding hydrogens is 336 g/mol. The van der Waals surface area contributed by atoms with Crippen LogP contribution in [-0.2, 0) is 21.4 Å². The lowest BCUT2D eigenvalue weighted by Crippen LogP contribution is -2.29. The molecule has 0 saturated heterocycles. The predicted molar refractivity (Wildman–Crippen MR) is 87.7 cm³/mol. The average Bonchev–Trinajstić information content (AvgIpc) is 2.73. The van der Waals surface area contributed by atoms with Crippen molar-refractivity contribution < 1.29 is 28.5 Å². The fraction of sp³-hybridized carbons (Fsp3) is 0.400. The van der Waals surface area contributed by atoms with E-state index < -0.39 is 27.5 Å². The Morgan fingerprint density at radius 3 is 2.50 bits per heavy atom. The number of benzene rings is 1. The Hall–Kier alpha value is -2.42. The fourth-order valence-corrected chi connectivity index (χ4v) is 3.39. The summed E-state index contributed by atoms with van der Waals surface area (Å²) in [7, 11) is -3.98. The second kappa shape index (κ2) is 6.23. The maximum absolute atomic E-state index is 11.9. The highest BCUT2D eigenvalue weighted by Crippen LogP contribution is 2.33. The molecule has 1 heterocycles. The monoisotopic (exact) mass is 356 g/mol. The van der Waals surface area contributed by atoms with Gasteiger partial charge in [0, 0.05) is 0 Å². The van der Waals surface area contributed by atoms with Gasteiger partial charge in [-0.05, 0) is 50.8 Å². The quantitative estimate of drug-likeness (QED) is 0.616. The van der Waals surface area contributed by atoms with Crippen molar-refractivity contribution in [2.45, 2.75) is 33.1 Å². The van der Waals surface area contributed by atoms with Gasteiger partial charge in [0.15, 0.2) is 0 Å². The number of carboxylic acid groups (broad SMARTS) is 1. The molecule has 0 aromatic heterocycles. The van der Waals surface area contributed by atoms with E-state index in [-0.39, 0.29) is 11.4 Å². The maximum Gasteiger partial charge on any atom is 0.330 e. The van der Waals surface area contributed by atoms with Crippen molar-refractivity contribution in [3.8, 4) is 5.75 Å². The number of carbonyl (C=O) groups is 1. The summed E-state index contributed by atoms with van der Waals surface area (Å²) in [6, 6.07) is 4.51. The number of phenolic OH excluding ortho intramolecular Hbond substituents is 1. The number of aliphatic hydroxyl groups excluding tert-OH is 1. The van der Waals surface area contributed by atoms with Crippen LogP contribution < -0.4 is 9.03 Å². The molecule has 0 amide bonds. The lowest BCUT2D eigenvalue weighted by atomic mass is 9.87. The van der Waals surface area contributed by atoms with Crippen molar-refractivity contribution in [3.05, 3.63) is 35.8 Å². The Morgan fingerprint density at radius 2 is 1.96 bits per heavy atom. The largest absolute Gasteiger partial charge is 0.506 e. The molecule has 0 radical (unpaired) electrons. The second-order valence-corrected chi connectivity index (χ2v) is 7.83. The lowest BCUT2D eigenvalue weighted by Gasteiger charge is -2.19. The van der Waals surface area contributed by atoms with Crippen LogP contribution in [0.4, 0.5) is 5.69 Å². The highest BCUT2D eigenvalue weighted by molar-refractivity contribution is 7.91. The molecule has 0 aliphatic carbocycles. The van der Waals surface area contributed by atoms with E-state index in [4.69, 9.17) is 5.11 Å². The van der Waals surface area contributed by atoms with E-state index in [1.54, 1.807) is 19.9 Å². The van der Waals surface area contributed by atoms with Gasteiger partial charge in [0.25, 0.3) is 0 Å². The van der Waals surface area contributed by atoms with E-state index in [0.717, 1.165) is 16.1 Å². The Morgan fingerprint density at radius 1 is 1.29 bits per heavy atom. The van der Waals surface area contributed by atoms with Gasteiger partial charge in [0.2, 0.25) is 5.88 Å². The summed E-state index contributed by atoms with van der Waals surface area (Å²) in [5, 5.41) is 28.4. The van der Waals surface area contributed by atoms with Crippen molar-refractivity contribution in [1.82, 2.24) is 4.72 Å². The van der Waals surface area contributed by atoms with Gasteiger partial charge >= 0.3 is 16.2 Å². The van der Waals surface area contributed by atoms with Crippen LogP contribution >= 0.6 is 0 Å². The summed E-state index contributed by atoms with van der Waals surface area (Å²) in [6.45, 7) is 3.29. The molecule has 1 aromatic carbocycles. The Labute approximate surface area is 140 Å². The number of hydrogen-bond acceptors (Lipinski definition) is 5. The van der Waals surface area contributed by atoms with Gasteiger partial charge in [-0.3, -0.25) is 4.79 Å². The van der Waals surface area contributed by atoms with Crippen molar-refractivity contribution in [2.24, 2.45) is 5.41 Å². The Kier molecular flexibility index (Phi) is 4.66. The summed E-state index contributed by atoms with van der Waals surface area (Å²) in [4.78, 5) is 11.1. The van der Waals surface area contributed by atoms with Crippen LogP contribution in [0.2, 0.25) is 0 Å². The topological polar surface area (TPSA) is 127 Å². The first-order chi connectivity index (χ1) is 11.0. The average molecular weight is 356 g/mol. The highest BCUT2D eigenvalue weighted by atomic mass is 32.2. The number of carboxylic acids is 1. The van der Waals surface area contributed by atoms with Crippen molar-refractivity contribution in [2.75, 3.05) is 4.31 Å². The third kappa shape index (κ3) is 3.73. The number of nitrogens with one attached hydrogen (secondary N) is 1. The van der Waals surface area contributed by atoms with Crippen LogP contribution in [0, 0.1) is 5.41 Å². The van der Waals surface area contributed by atoms with E-state index in [9.17, 15) is 23.4 Å². The summed E-state index contributed by atoms with van der Waals surface area (Å²) < 4.78 is 26.4. The SMILES string of the molecule is CC(C)(CCCc1ccc(O)c(N2C=C(O)NS2(=O)=O)c1)C(=O)O. The summed E-state index contributed by atoms with van der Waals surface area (Å²) >= 11 is 0. The third-order valence-electron chi connectivity index (χ3n) is 3.86. The molecule has 0 fully saturated rings. The molecule has 2 rings (SSSR count). The van der Waals surface area contributed by atoms with Gasteiger partial charge < -0.3 is 15.3 Å². The van der Waals surface area contributed by atoms with Crippen LogP contribution in [0.25, 0.3) is 0 Å². The second-order valence-electron chi connectivity index (χ2n) is 6.28.